The van der Waals surface area contributed by atoms with Gasteiger partial charge in [0.25, 0.3) is 0 Å². The van der Waals surface area contributed by atoms with Gasteiger partial charge in [-0.15, -0.1) is 0 Å². The summed E-state index contributed by atoms with van der Waals surface area (Å²) in [6, 6.07) is 10.2. The maximum Gasteiger partial charge on any atom is 0.126 e. The highest BCUT2D eigenvalue weighted by Crippen LogP contribution is 2.39. The van der Waals surface area contributed by atoms with Gasteiger partial charge in [0.2, 0.25) is 0 Å². The molecule has 2 unspecified atom stereocenters. The summed E-state index contributed by atoms with van der Waals surface area (Å²) < 4.78 is 32.2. The lowest BCUT2D eigenvalue weighted by Gasteiger charge is -2.30. The summed E-state index contributed by atoms with van der Waals surface area (Å²) in [5.41, 5.74) is 7.44. The van der Waals surface area contributed by atoms with Crippen LogP contribution in [0.25, 0.3) is 0 Å². The Kier molecular flexibility index (Phi) is 2.95. The third-order valence-electron chi connectivity index (χ3n) is 3.33. The molecule has 1 aliphatic rings. The number of ether oxygens (including phenoxy) is 1. The summed E-state index contributed by atoms with van der Waals surface area (Å²) in [6.45, 7) is 0. The molecule has 0 spiro atoms. The average molecular weight is 261 g/mol. The molecule has 19 heavy (non-hydrogen) atoms. The van der Waals surface area contributed by atoms with Crippen LogP contribution in [0.4, 0.5) is 8.78 Å². The Labute approximate surface area is 109 Å². The van der Waals surface area contributed by atoms with E-state index in [1.54, 1.807) is 18.2 Å². The van der Waals surface area contributed by atoms with Crippen molar-refractivity contribution in [1.29, 1.82) is 0 Å². The van der Waals surface area contributed by atoms with Crippen LogP contribution >= 0.6 is 0 Å². The number of rotatable bonds is 1. The molecule has 2 N–H and O–H groups in total. The fourth-order valence-electron chi connectivity index (χ4n) is 2.39. The molecule has 0 fully saturated rings. The van der Waals surface area contributed by atoms with Gasteiger partial charge in [0.15, 0.2) is 0 Å². The van der Waals surface area contributed by atoms with E-state index >= 15 is 0 Å². The standard InChI is InChI=1S/C15H13F2NO/c16-10-3-1-2-9(6-10)15-8-13(18)12-7-11(17)4-5-14(12)19-15/h1-7,13,15H,8,18H2. The van der Waals surface area contributed by atoms with Crippen LogP contribution in [0.3, 0.4) is 0 Å². The molecule has 2 aromatic carbocycles. The predicted octanol–water partition coefficient (Wildman–Crippen LogP) is 3.49. The molecule has 3 rings (SSSR count). The van der Waals surface area contributed by atoms with Crippen LogP contribution in [0.15, 0.2) is 42.5 Å². The van der Waals surface area contributed by atoms with Gasteiger partial charge in [0.05, 0.1) is 0 Å². The molecule has 2 nitrogen and oxygen atoms in total. The molecule has 1 aliphatic heterocycles. The number of fused-ring (bicyclic) bond motifs is 1. The Bertz CT molecular complexity index is 615. The van der Waals surface area contributed by atoms with Crippen LogP contribution in [0.1, 0.15) is 29.7 Å². The lowest BCUT2D eigenvalue weighted by molar-refractivity contribution is 0.160. The van der Waals surface area contributed by atoms with Crippen molar-refractivity contribution in [1.82, 2.24) is 0 Å². The van der Waals surface area contributed by atoms with Crippen molar-refractivity contribution in [3.05, 3.63) is 65.2 Å². The van der Waals surface area contributed by atoms with Crippen molar-refractivity contribution in [2.24, 2.45) is 5.73 Å². The molecular weight excluding hydrogens is 248 g/mol. The molecule has 2 aromatic rings. The number of nitrogens with two attached hydrogens (primary N) is 1. The second-order valence-electron chi connectivity index (χ2n) is 4.69. The molecule has 0 aliphatic carbocycles. The summed E-state index contributed by atoms with van der Waals surface area (Å²) in [4.78, 5) is 0. The largest absolute Gasteiger partial charge is 0.485 e. The predicted molar refractivity (Wildman–Crippen MR) is 67.7 cm³/mol. The van der Waals surface area contributed by atoms with E-state index in [1.165, 1.54) is 24.3 Å². The van der Waals surface area contributed by atoms with Crippen LogP contribution in [0, 0.1) is 11.6 Å². The zero-order valence-electron chi connectivity index (χ0n) is 10.1. The first-order valence-corrected chi connectivity index (χ1v) is 6.10. The normalized spacial score (nSPS) is 21.6. The summed E-state index contributed by atoms with van der Waals surface area (Å²) in [5, 5.41) is 0. The van der Waals surface area contributed by atoms with Gasteiger partial charge < -0.3 is 10.5 Å². The molecule has 4 heteroatoms. The second kappa shape index (κ2) is 4.63. The molecule has 0 amide bonds. The first-order chi connectivity index (χ1) is 9.13. The third kappa shape index (κ3) is 2.31. The van der Waals surface area contributed by atoms with Gasteiger partial charge in [0, 0.05) is 18.0 Å². The minimum Gasteiger partial charge on any atom is -0.485 e. The van der Waals surface area contributed by atoms with Crippen molar-refractivity contribution in [2.75, 3.05) is 0 Å². The average Bonchev–Trinajstić information content (AvgIpc) is 2.39. The second-order valence-corrected chi connectivity index (χ2v) is 4.69. The SMILES string of the molecule is NC1CC(c2cccc(F)c2)Oc2ccc(F)cc21. The Morgan fingerprint density at radius 2 is 1.84 bits per heavy atom. The molecule has 98 valence electrons. The minimum atomic E-state index is -0.331. The molecule has 0 bridgehead atoms. The smallest absolute Gasteiger partial charge is 0.126 e. The maximum absolute atomic E-state index is 13.2. The molecule has 0 saturated carbocycles. The lowest BCUT2D eigenvalue weighted by Crippen LogP contribution is -2.24. The van der Waals surface area contributed by atoms with E-state index in [-0.39, 0.29) is 23.8 Å². The molecule has 2 atom stereocenters. The Morgan fingerprint density at radius 3 is 2.63 bits per heavy atom. The number of hydrogen-bond acceptors (Lipinski definition) is 2. The van der Waals surface area contributed by atoms with Gasteiger partial charge >= 0.3 is 0 Å². The van der Waals surface area contributed by atoms with E-state index in [9.17, 15) is 8.78 Å². The van der Waals surface area contributed by atoms with E-state index in [0.717, 1.165) is 5.56 Å². The van der Waals surface area contributed by atoms with Crippen LogP contribution < -0.4 is 10.5 Å². The van der Waals surface area contributed by atoms with Crippen molar-refractivity contribution in [3.63, 3.8) is 0 Å². The van der Waals surface area contributed by atoms with Gasteiger partial charge in [0.1, 0.15) is 23.5 Å². The van der Waals surface area contributed by atoms with E-state index in [1.807, 2.05) is 0 Å². The highest BCUT2D eigenvalue weighted by atomic mass is 19.1. The molecular formula is C15H13F2NO. The zero-order valence-corrected chi connectivity index (χ0v) is 10.1. The Balaban J connectivity index is 1.95. The first-order valence-electron chi connectivity index (χ1n) is 6.10. The summed E-state index contributed by atoms with van der Waals surface area (Å²) in [5.74, 6) is -0.0732. The van der Waals surface area contributed by atoms with E-state index < -0.39 is 0 Å². The van der Waals surface area contributed by atoms with Gasteiger partial charge in [-0.25, -0.2) is 8.78 Å². The van der Waals surface area contributed by atoms with Crippen molar-refractivity contribution < 1.29 is 13.5 Å². The van der Waals surface area contributed by atoms with Crippen LogP contribution in [0.2, 0.25) is 0 Å². The summed E-state index contributed by atoms with van der Waals surface area (Å²) >= 11 is 0. The molecule has 0 radical (unpaired) electrons. The summed E-state index contributed by atoms with van der Waals surface area (Å²) in [6.07, 6.45) is 0.198. The zero-order chi connectivity index (χ0) is 13.4. The fourth-order valence-corrected chi connectivity index (χ4v) is 2.39. The third-order valence-corrected chi connectivity index (χ3v) is 3.33. The number of hydrogen-bond donors (Lipinski definition) is 1. The highest BCUT2D eigenvalue weighted by Gasteiger charge is 2.27. The van der Waals surface area contributed by atoms with Gasteiger partial charge in [-0.3, -0.25) is 0 Å². The van der Waals surface area contributed by atoms with E-state index in [2.05, 4.69) is 0 Å². The monoisotopic (exact) mass is 261 g/mol. The lowest BCUT2D eigenvalue weighted by atomic mass is 9.93. The Morgan fingerprint density at radius 1 is 1.05 bits per heavy atom. The first kappa shape index (κ1) is 12.1. The van der Waals surface area contributed by atoms with Crippen molar-refractivity contribution in [3.8, 4) is 5.75 Å². The molecule has 0 saturated heterocycles. The van der Waals surface area contributed by atoms with Crippen LogP contribution in [0.5, 0.6) is 5.75 Å². The van der Waals surface area contributed by atoms with E-state index in [0.29, 0.717) is 17.7 Å². The van der Waals surface area contributed by atoms with Gasteiger partial charge in [-0.2, -0.15) is 0 Å². The highest BCUT2D eigenvalue weighted by molar-refractivity contribution is 5.39. The van der Waals surface area contributed by atoms with E-state index in [4.69, 9.17) is 10.5 Å². The molecule has 0 aromatic heterocycles. The number of halogens is 2. The van der Waals surface area contributed by atoms with Crippen molar-refractivity contribution >= 4 is 0 Å². The Hall–Kier alpha value is -1.94. The minimum absolute atomic E-state index is 0.302. The number of benzene rings is 2. The quantitative estimate of drug-likeness (QED) is 0.852. The van der Waals surface area contributed by atoms with Gasteiger partial charge in [-0.1, -0.05) is 12.1 Å². The van der Waals surface area contributed by atoms with Crippen LogP contribution in [-0.4, -0.2) is 0 Å². The topological polar surface area (TPSA) is 35.2 Å². The van der Waals surface area contributed by atoms with Crippen molar-refractivity contribution in [2.45, 2.75) is 18.6 Å². The maximum atomic E-state index is 13.2. The fraction of sp³-hybridized carbons (Fsp3) is 0.200. The molecule has 1 heterocycles. The van der Waals surface area contributed by atoms with Crippen LogP contribution in [-0.2, 0) is 0 Å². The summed E-state index contributed by atoms with van der Waals surface area (Å²) in [7, 11) is 0. The van der Waals surface area contributed by atoms with Gasteiger partial charge in [-0.05, 0) is 35.9 Å².